The highest BCUT2D eigenvalue weighted by Gasteiger charge is 2.19. The molecule has 1 unspecified atom stereocenters. The molecule has 6 heteroatoms. The maximum atomic E-state index is 11.9. The number of sulfonamides is 1. The van der Waals surface area contributed by atoms with E-state index in [2.05, 4.69) is 15.0 Å². The third-order valence-corrected chi connectivity index (χ3v) is 4.60. The molecule has 0 amide bonds. The Morgan fingerprint density at radius 2 is 2.17 bits per heavy atom. The molecule has 0 aliphatic heterocycles. The monoisotopic (exact) mass is 271 g/mol. The molecule has 5 nitrogen and oxygen atoms in total. The van der Waals surface area contributed by atoms with E-state index in [4.69, 9.17) is 0 Å². The number of aromatic nitrogens is 1. The van der Waals surface area contributed by atoms with Crippen molar-refractivity contribution in [3.05, 3.63) is 29.6 Å². The van der Waals surface area contributed by atoms with Crippen LogP contribution in [0.3, 0.4) is 0 Å². The lowest BCUT2D eigenvalue weighted by molar-refractivity contribution is 0.559. The van der Waals surface area contributed by atoms with Gasteiger partial charge in [0.05, 0.1) is 5.25 Å². The van der Waals surface area contributed by atoms with Crippen LogP contribution >= 0.6 is 0 Å². The summed E-state index contributed by atoms with van der Waals surface area (Å²) < 4.78 is 26.5. The van der Waals surface area contributed by atoms with Crippen LogP contribution in [0.5, 0.6) is 0 Å². The molecule has 1 aromatic rings. The fourth-order valence-corrected chi connectivity index (χ4v) is 2.44. The summed E-state index contributed by atoms with van der Waals surface area (Å²) in [5.74, 6) is 0. The molecule has 0 saturated carbocycles. The molecule has 18 heavy (non-hydrogen) atoms. The standard InChI is InChI=1S/C12H21N3O2S/c1-4-13-7-11(3)18(16,17)15-9-12-8-14-6-5-10(12)2/h5-6,8,11,13,15H,4,7,9H2,1-3H3. The molecule has 0 bridgehead atoms. The minimum absolute atomic E-state index is 0.290. The van der Waals surface area contributed by atoms with Crippen LogP contribution in [-0.2, 0) is 16.6 Å². The van der Waals surface area contributed by atoms with E-state index in [1.54, 1.807) is 19.3 Å². The Morgan fingerprint density at radius 3 is 2.78 bits per heavy atom. The van der Waals surface area contributed by atoms with E-state index in [0.29, 0.717) is 13.1 Å². The largest absolute Gasteiger partial charge is 0.316 e. The first-order valence-corrected chi connectivity index (χ1v) is 7.60. The van der Waals surface area contributed by atoms with Crippen LogP contribution < -0.4 is 10.0 Å². The van der Waals surface area contributed by atoms with Crippen LogP contribution in [-0.4, -0.2) is 31.7 Å². The predicted octanol–water partition coefficient (Wildman–Crippen LogP) is 0.807. The van der Waals surface area contributed by atoms with Gasteiger partial charge in [-0.25, -0.2) is 13.1 Å². The van der Waals surface area contributed by atoms with Crippen molar-refractivity contribution in [2.45, 2.75) is 32.6 Å². The Hall–Kier alpha value is -0.980. The van der Waals surface area contributed by atoms with E-state index in [-0.39, 0.29) is 0 Å². The molecule has 102 valence electrons. The van der Waals surface area contributed by atoms with Crippen LogP contribution in [0.2, 0.25) is 0 Å². The molecule has 0 radical (unpaired) electrons. The van der Waals surface area contributed by atoms with Crippen molar-refractivity contribution >= 4 is 10.0 Å². The maximum absolute atomic E-state index is 11.9. The Labute approximate surface area is 109 Å². The summed E-state index contributed by atoms with van der Waals surface area (Å²) in [7, 11) is -3.29. The van der Waals surface area contributed by atoms with Gasteiger partial charge in [0.15, 0.2) is 0 Å². The summed E-state index contributed by atoms with van der Waals surface area (Å²) in [6, 6.07) is 1.87. The average Bonchev–Trinajstić information content (AvgIpc) is 2.35. The van der Waals surface area contributed by atoms with Gasteiger partial charge < -0.3 is 5.32 Å². The molecular weight excluding hydrogens is 250 g/mol. The maximum Gasteiger partial charge on any atom is 0.215 e. The Bertz CT molecular complexity index is 474. The molecular formula is C12H21N3O2S. The van der Waals surface area contributed by atoms with E-state index in [0.717, 1.165) is 17.7 Å². The number of rotatable bonds is 7. The number of nitrogens with one attached hydrogen (secondary N) is 2. The van der Waals surface area contributed by atoms with Gasteiger partial charge in [-0.1, -0.05) is 6.92 Å². The topological polar surface area (TPSA) is 71.1 Å². The highest BCUT2D eigenvalue weighted by Crippen LogP contribution is 2.06. The van der Waals surface area contributed by atoms with Gasteiger partial charge in [0.2, 0.25) is 10.0 Å². The lowest BCUT2D eigenvalue weighted by Crippen LogP contribution is -2.38. The first-order chi connectivity index (χ1) is 8.47. The van der Waals surface area contributed by atoms with Crippen molar-refractivity contribution in [3.63, 3.8) is 0 Å². The van der Waals surface area contributed by atoms with Crippen molar-refractivity contribution in [1.29, 1.82) is 0 Å². The Kier molecular flexibility index (Phi) is 5.71. The fourth-order valence-electron chi connectivity index (χ4n) is 1.46. The molecule has 0 spiro atoms. The molecule has 0 aromatic carbocycles. The van der Waals surface area contributed by atoms with Crippen LogP contribution in [0.15, 0.2) is 18.5 Å². The summed E-state index contributed by atoms with van der Waals surface area (Å²) in [6.07, 6.45) is 3.38. The molecule has 1 atom stereocenters. The SMILES string of the molecule is CCNCC(C)S(=O)(=O)NCc1cnccc1C. The highest BCUT2D eigenvalue weighted by atomic mass is 32.2. The quantitative estimate of drug-likeness (QED) is 0.770. The van der Waals surface area contributed by atoms with Gasteiger partial charge in [0.1, 0.15) is 0 Å². The number of hydrogen-bond donors (Lipinski definition) is 2. The number of aryl methyl sites for hydroxylation is 1. The van der Waals surface area contributed by atoms with Gasteiger partial charge in [-0.05, 0) is 37.6 Å². The summed E-state index contributed by atoms with van der Waals surface area (Å²) in [5, 5.41) is 2.58. The van der Waals surface area contributed by atoms with Crippen LogP contribution in [0.1, 0.15) is 25.0 Å². The smallest absolute Gasteiger partial charge is 0.215 e. The zero-order valence-corrected chi connectivity index (χ0v) is 11.9. The molecule has 1 heterocycles. The van der Waals surface area contributed by atoms with Crippen molar-refractivity contribution in [2.75, 3.05) is 13.1 Å². The minimum Gasteiger partial charge on any atom is -0.316 e. The number of hydrogen-bond acceptors (Lipinski definition) is 4. The van der Waals surface area contributed by atoms with Crippen molar-refractivity contribution < 1.29 is 8.42 Å². The lowest BCUT2D eigenvalue weighted by atomic mass is 10.2. The number of nitrogens with zero attached hydrogens (tertiary/aromatic N) is 1. The Balaban J connectivity index is 2.59. The normalized spacial score (nSPS) is 13.5. The first-order valence-electron chi connectivity index (χ1n) is 6.06. The van der Waals surface area contributed by atoms with Gasteiger partial charge in [-0.15, -0.1) is 0 Å². The molecule has 2 N–H and O–H groups in total. The molecule has 1 aromatic heterocycles. The van der Waals surface area contributed by atoms with E-state index >= 15 is 0 Å². The zero-order chi connectivity index (χ0) is 13.6. The summed E-state index contributed by atoms with van der Waals surface area (Å²) in [6.45, 7) is 7.10. The molecule has 0 aliphatic rings. The van der Waals surface area contributed by atoms with Gasteiger partial charge in [0, 0.05) is 25.5 Å². The third-order valence-electron chi connectivity index (χ3n) is 2.82. The zero-order valence-electron chi connectivity index (χ0n) is 11.1. The second kappa shape index (κ2) is 6.82. The van der Waals surface area contributed by atoms with Crippen molar-refractivity contribution in [2.24, 2.45) is 0 Å². The predicted molar refractivity (Wildman–Crippen MR) is 72.7 cm³/mol. The van der Waals surface area contributed by atoms with Gasteiger partial charge in [-0.3, -0.25) is 4.98 Å². The summed E-state index contributed by atoms with van der Waals surface area (Å²) in [4.78, 5) is 3.99. The summed E-state index contributed by atoms with van der Waals surface area (Å²) >= 11 is 0. The van der Waals surface area contributed by atoms with E-state index in [1.807, 2.05) is 19.9 Å². The molecule has 1 rings (SSSR count). The molecule has 0 saturated heterocycles. The van der Waals surface area contributed by atoms with Gasteiger partial charge >= 0.3 is 0 Å². The highest BCUT2D eigenvalue weighted by molar-refractivity contribution is 7.90. The Morgan fingerprint density at radius 1 is 1.44 bits per heavy atom. The van der Waals surface area contributed by atoms with Crippen LogP contribution in [0.4, 0.5) is 0 Å². The van der Waals surface area contributed by atoms with E-state index < -0.39 is 15.3 Å². The number of pyridine rings is 1. The first kappa shape index (κ1) is 15.1. The molecule has 0 fully saturated rings. The van der Waals surface area contributed by atoms with Crippen molar-refractivity contribution in [3.8, 4) is 0 Å². The van der Waals surface area contributed by atoms with Crippen molar-refractivity contribution in [1.82, 2.24) is 15.0 Å². The summed E-state index contributed by atoms with van der Waals surface area (Å²) in [5.41, 5.74) is 1.93. The second-order valence-electron chi connectivity index (χ2n) is 4.29. The van der Waals surface area contributed by atoms with E-state index in [9.17, 15) is 8.42 Å². The fraction of sp³-hybridized carbons (Fsp3) is 0.583. The minimum atomic E-state index is -3.29. The third kappa shape index (κ3) is 4.36. The van der Waals surface area contributed by atoms with E-state index in [1.165, 1.54) is 0 Å². The van der Waals surface area contributed by atoms with Crippen LogP contribution in [0.25, 0.3) is 0 Å². The lowest BCUT2D eigenvalue weighted by Gasteiger charge is -2.14. The average molecular weight is 271 g/mol. The molecule has 0 aliphatic carbocycles. The van der Waals surface area contributed by atoms with Crippen LogP contribution in [0, 0.1) is 6.92 Å². The second-order valence-corrected chi connectivity index (χ2v) is 6.47. The van der Waals surface area contributed by atoms with Gasteiger partial charge in [0.25, 0.3) is 0 Å². The van der Waals surface area contributed by atoms with Gasteiger partial charge in [-0.2, -0.15) is 0 Å².